The molecule has 0 aliphatic heterocycles. The molecule has 0 saturated carbocycles. The van der Waals surface area contributed by atoms with Crippen LogP contribution in [0.25, 0.3) is 0 Å². The van der Waals surface area contributed by atoms with Gasteiger partial charge in [-0.1, -0.05) is 26.0 Å². The molecule has 0 bridgehead atoms. The molecule has 0 saturated heterocycles. The van der Waals surface area contributed by atoms with Gasteiger partial charge in [0.2, 0.25) is 23.6 Å². The third-order valence-electron chi connectivity index (χ3n) is 4.53. The van der Waals surface area contributed by atoms with Crippen LogP contribution in [0.2, 0.25) is 0 Å². The van der Waals surface area contributed by atoms with Crippen LogP contribution in [0.5, 0.6) is 5.75 Å². The van der Waals surface area contributed by atoms with Gasteiger partial charge in [0.15, 0.2) is 0 Å². The van der Waals surface area contributed by atoms with Crippen LogP contribution in [-0.2, 0) is 30.4 Å². The fourth-order valence-corrected chi connectivity index (χ4v) is 2.91. The lowest BCUT2D eigenvalue weighted by molar-refractivity contribution is -0.142. The summed E-state index contributed by atoms with van der Waals surface area (Å²) in [5, 5.41) is 25.6. The van der Waals surface area contributed by atoms with Gasteiger partial charge >= 0.3 is 5.97 Å². The Morgan fingerprint density at radius 2 is 1.58 bits per heavy atom. The minimum absolute atomic E-state index is 0.00357. The largest absolute Gasteiger partial charge is 0.508 e. The van der Waals surface area contributed by atoms with Crippen molar-refractivity contribution in [1.29, 1.82) is 0 Å². The molecular weight excluding hydrogens is 434 g/mol. The van der Waals surface area contributed by atoms with E-state index < -0.39 is 60.7 Å². The van der Waals surface area contributed by atoms with Crippen molar-refractivity contribution in [2.75, 3.05) is 6.54 Å². The van der Waals surface area contributed by atoms with Crippen molar-refractivity contribution >= 4 is 29.6 Å². The minimum Gasteiger partial charge on any atom is -0.508 e. The summed E-state index contributed by atoms with van der Waals surface area (Å²) in [5.41, 5.74) is 11.4. The average Bonchev–Trinajstić information content (AvgIpc) is 2.71. The lowest BCUT2D eigenvalue weighted by Gasteiger charge is -2.21. The monoisotopic (exact) mass is 465 g/mol. The van der Waals surface area contributed by atoms with E-state index in [1.165, 1.54) is 24.3 Å². The number of phenolic OH excluding ortho intramolecular Hbond substituents is 1. The lowest BCUT2D eigenvalue weighted by Crippen LogP contribution is -2.55. The molecule has 0 heterocycles. The average molecular weight is 466 g/mol. The fourth-order valence-electron chi connectivity index (χ4n) is 2.91. The van der Waals surface area contributed by atoms with Crippen LogP contribution < -0.4 is 27.4 Å². The summed E-state index contributed by atoms with van der Waals surface area (Å²) in [6.45, 7) is 3.28. The number of carboxylic acids is 1. The highest BCUT2D eigenvalue weighted by Gasteiger charge is 2.28. The molecule has 1 rings (SSSR count). The number of benzene rings is 1. The first-order chi connectivity index (χ1) is 15.4. The number of carbonyl (C=O) groups excluding carboxylic acids is 4. The molecule has 12 heteroatoms. The van der Waals surface area contributed by atoms with Crippen molar-refractivity contribution in [3.63, 3.8) is 0 Å². The highest BCUT2D eigenvalue weighted by molar-refractivity contribution is 5.95. The standard InChI is InChI=1S/C21H31N5O7/c1-11(2)7-14(22)19(30)24-10-18(29)25-15(9-17(23)28)20(31)26-16(21(32)33)8-12-3-5-13(27)6-4-12/h3-6,11,14-16,27H,7-10,22H2,1-2H3,(H2,23,28)(H,24,30)(H,25,29)(H,26,31)(H,32,33). The van der Waals surface area contributed by atoms with Gasteiger partial charge in [-0.25, -0.2) is 4.79 Å². The number of nitrogens with two attached hydrogens (primary N) is 2. The maximum atomic E-state index is 12.6. The van der Waals surface area contributed by atoms with Gasteiger partial charge < -0.3 is 37.6 Å². The zero-order valence-electron chi connectivity index (χ0n) is 18.5. The highest BCUT2D eigenvalue weighted by atomic mass is 16.4. The molecule has 0 fully saturated rings. The molecule has 3 unspecified atom stereocenters. The van der Waals surface area contributed by atoms with Gasteiger partial charge in [-0.05, 0) is 30.0 Å². The van der Waals surface area contributed by atoms with Crippen LogP contribution in [-0.4, -0.2) is 64.5 Å². The molecule has 0 aliphatic rings. The molecule has 0 radical (unpaired) electrons. The van der Waals surface area contributed by atoms with Crippen LogP contribution >= 0.6 is 0 Å². The zero-order chi connectivity index (χ0) is 25.1. The van der Waals surface area contributed by atoms with E-state index >= 15 is 0 Å². The third kappa shape index (κ3) is 10.5. The first-order valence-electron chi connectivity index (χ1n) is 10.3. The first kappa shape index (κ1) is 27.4. The van der Waals surface area contributed by atoms with Gasteiger partial charge in [-0.15, -0.1) is 0 Å². The molecule has 4 amide bonds. The Hall–Kier alpha value is -3.67. The van der Waals surface area contributed by atoms with E-state index in [1.54, 1.807) is 0 Å². The number of hydrogen-bond acceptors (Lipinski definition) is 7. The molecule has 1 aromatic rings. The number of amides is 4. The Labute approximate surface area is 191 Å². The van der Waals surface area contributed by atoms with Gasteiger partial charge in [0.1, 0.15) is 17.8 Å². The maximum Gasteiger partial charge on any atom is 0.326 e. The number of carbonyl (C=O) groups is 5. The molecule has 12 nitrogen and oxygen atoms in total. The summed E-state index contributed by atoms with van der Waals surface area (Å²) in [6, 6.07) is 2.10. The second-order valence-corrected chi connectivity index (χ2v) is 8.01. The predicted octanol–water partition coefficient (Wildman–Crippen LogP) is -1.65. The summed E-state index contributed by atoms with van der Waals surface area (Å²) >= 11 is 0. The van der Waals surface area contributed by atoms with Crippen molar-refractivity contribution in [2.24, 2.45) is 17.4 Å². The van der Waals surface area contributed by atoms with Crippen LogP contribution in [0.1, 0.15) is 32.3 Å². The summed E-state index contributed by atoms with van der Waals surface area (Å²) in [5.74, 6) is -4.34. The van der Waals surface area contributed by atoms with Crippen LogP contribution in [0, 0.1) is 5.92 Å². The van der Waals surface area contributed by atoms with Gasteiger partial charge in [0.25, 0.3) is 0 Å². The number of nitrogens with one attached hydrogen (secondary N) is 3. The smallest absolute Gasteiger partial charge is 0.326 e. The van der Waals surface area contributed by atoms with Crippen molar-refractivity contribution in [3.05, 3.63) is 29.8 Å². The van der Waals surface area contributed by atoms with Crippen molar-refractivity contribution in [3.8, 4) is 5.75 Å². The van der Waals surface area contributed by atoms with Crippen molar-refractivity contribution < 1.29 is 34.2 Å². The summed E-state index contributed by atoms with van der Waals surface area (Å²) < 4.78 is 0. The molecule has 0 aromatic heterocycles. The number of primary amides is 1. The molecular formula is C21H31N5O7. The summed E-state index contributed by atoms with van der Waals surface area (Å²) in [6.07, 6.45) is -0.274. The Morgan fingerprint density at radius 3 is 2.09 bits per heavy atom. The second-order valence-electron chi connectivity index (χ2n) is 8.01. The van der Waals surface area contributed by atoms with E-state index in [0.29, 0.717) is 12.0 Å². The summed E-state index contributed by atoms with van der Waals surface area (Å²) in [7, 11) is 0. The van der Waals surface area contributed by atoms with Gasteiger partial charge in [-0.3, -0.25) is 19.2 Å². The lowest BCUT2D eigenvalue weighted by atomic mass is 10.0. The molecule has 9 N–H and O–H groups in total. The highest BCUT2D eigenvalue weighted by Crippen LogP contribution is 2.11. The van der Waals surface area contributed by atoms with Crippen LogP contribution in [0.3, 0.4) is 0 Å². The summed E-state index contributed by atoms with van der Waals surface area (Å²) in [4.78, 5) is 59.7. The van der Waals surface area contributed by atoms with Crippen LogP contribution in [0.4, 0.5) is 0 Å². The second kappa shape index (κ2) is 13.0. The normalized spacial score (nSPS) is 13.5. The molecule has 33 heavy (non-hydrogen) atoms. The number of carboxylic acid groups (broad SMARTS) is 1. The third-order valence-corrected chi connectivity index (χ3v) is 4.53. The van der Waals surface area contributed by atoms with E-state index in [1.807, 2.05) is 13.8 Å². The number of hydrogen-bond donors (Lipinski definition) is 7. The van der Waals surface area contributed by atoms with E-state index in [2.05, 4.69) is 16.0 Å². The van der Waals surface area contributed by atoms with Gasteiger partial charge in [-0.2, -0.15) is 0 Å². The number of phenols is 1. The van der Waals surface area contributed by atoms with E-state index in [-0.39, 0.29) is 18.1 Å². The Kier molecular flexibility index (Phi) is 10.8. The first-order valence-corrected chi connectivity index (χ1v) is 10.3. The Morgan fingerprint density at radius 1 is 0.970 bits per heavy atom. The van der Waals surface area contributed by atoms with Crippen molar-refractivity contribution in [2.45, 2.75) is 51.2 Å². The Bertz CT molecular complexity index is 857. The SMILES string of the molecule is CC(C)CC(N)C(=O)NCC(=O)NC(CC(N)=O)C(=O)NC(Cc1ccc(O)cc1)C(=O)O. The van der Waals surface area contributed by atoms with Crippen molar-refractivity contribution in [1.82, 2.24) is 16.0 Å². The van der Waals surface area contributed by atoms with E-state index in [0.717, 1.165) is 0 Å². The van der Waals surface area contributed by atoms with Gasteiger partial charge in [0.05, 0.1) is 19.0 Å². The molecule has 0 spiro atoms. The zero-order valence-corrected chi connectivity index (χ0v) is 18.5. The quantitative estimate of drug-likeness (QED) is 0.179. The molecule has 1 aromatic carbocycles. The molecule has 182 valence electrons. The molecule has 0 aliphatic carbocycles. The number of rotatable bonds is 13. The molecule has 3 atom stereocenters. The number of aromatic hydroxyl groups is 1. The van der Waals surface area contributed by atoms with Gasteiger partial charge in [0, 0.05) is 6.42 Å². The maximum absolute atomic E-state index is 12.6. The minimum atomic E-state index is -1.45. The van der Waals surface area contributed by atoms with Crippen LogP contribution in [0.15, 0.2) is 24.3 Å². The topological polar surface area (TPSA) is 214 Å². The predicted molar refractivity (Wildman–Crippen MR) is 118 cm³/mol. The van der Waals surface area contributed by atoms with E-state index in [4.69, 9.17) is 11.5 Å². The fraction of sp³-hybridized carbons (Fsp3) is 0.476. The number of aliphatic carboxylic acids is 1. The Balaban J connectivity index is 2.76. The van der Waals surface area contributed by atoms with E-state index in [9.17, 15) is 34.2 Å².